The van der Waals surface area contributed by atoms with Crippen LogP contribution in [-0.2, 0) is 26.5 Å². The number of methoxy groups -OCH3 is 1. The first-order valence-electron chi connectivity index (χ1n) is 7.92. The third-order valence-corrected chi connectivity index (χ3v) is 4.52. The minimum Gasteiger partial charge on any atom is -0.468 e. The molecule has 0 aromatic heterocycles. The van der Waals surface area contributed by atoms with Gasteiger partial charge in [-0.2, -0.15) is 0 Å². The van der Waals surface area contributed by atoms with Crippen LogP contribution in [0.1, 0.15) is 11.1 Å². The Bertz CT molecular complexity index is 713. The topological polar surface area (TPSA) is 81.4 Å². The molecule has 3 N–H and O–H groups in total. The Kier molecular flexibility index (Phi) is 9.80. The Balaban J connectivity index is 0.00000338. The van der Waals surface area contributed by atoms with Gasteiger partial charge in [0.05, 0.1) is 18.9 Å². The van der Waals surface area contributed by atoms with E-state index in [0.717, 1.165) is 11.1 Å². The number of halogens is 1. The van der Waals surface area contributed by atoms with Gasteiger partial charge in [-0.1, -0.05) is 42.5 Å². The lowest BCUT2D eigenvalue weighted by molar-refractivity contribution is -0.137. The second-order valence-electron chi connectivity index (χ2n) is 5.55. The molecule has 26 heavy (non-hydrogen) atoms. The van der Waals surface area contributed by atoms with Crippen LogP contribution in [0.2, 0.25) is 0 Å². The zero-order valence-corrected chi connectivity index (χ0v) is 16.1. The van der Waals surface area contributed by atoms with Crippen LogP contribution in [0.25, 0.3) is 0 Å². The fraction of sp³-hybridized carbons (Fsp3) is 0.263. The highest BCUT2D eigenvalue weighted by atomic mass is 35.5. The molecule has 7 heteroatoms. The Morgan fingerprint density at radius 3 is 2.50 bits per heavy atom. The zero-order valence-electron chi connectivity index (χ0n) is 14.5. The van der Waals surface area contributed by atoms with Gasteiger partial charge in [-0.25, -0.2) is 0 Å². The first-order chi connectivity index (χ1) is 12.1. The van der Waals surface area contributed by atoms with Crippen molar-refractivity contribution in [1.29, 1.82) is 0 Å². The fourth-order valence-corrected chi connectivity index (χ4v) is 3.05. The molecular formula is C19H23ClN2O3S. The molecule has 0 bridgehead atoms. The predicted octanol–water partition coefficient (Wildman–Crippen LogP) is 3.02. The molecule has 0 unspecified atom stereocenters. The van der Waals surface area contributed by atoms with Gasteiger partial charge in [-0.15, -0.1) is 24.2 Å². The van der Waals surface area contributed by atoms with Gasteiger partial charge in [-0.3, -0.25) is 9.59 Å². The molecule has 2 rings (SSSR count). The van der Waals surface area contributed by atoms with Gasteiger partial charge in [0, 0.05) is 11.4 Å². The molecule has 0 saturated heterocycles. The number of benzene rings is 2. The van der Waals surface area contributed by atoms with E-state index < -0.39 is 6.04 Å². The molecule has 2 aromatic rings. The number of rotatable bonds is 8. The first kappa shape index (κ1) is 22.0. The summed E-state index contributed by atoms with van der Waals surface area (Å²) < 4.78 is 4.61. The maximum absolute atomic E-state index is 12.3. The molecule has 1 amide bonds. The summed E-state index contributed by atoms with van der Waals surface area (Å²) in [4.78, 5) is 23.4. The Morgan fingerprint density at radius 1 is 1.12 bits per heavy atom. The first-order valence-corrected chi connectivity index (χ1v) is 9.08. The van der Waals surface area contributed by atoms with Crippen LogP contribution in [0.3, 0.4) is 0 Å². The Morgan fingerprint density at radius 2 is 1.81 bits per heavy atom. The minimum atomic E-state index is -0.611. The summed E-state index contributed by atoms with van der Waals surface area (Å²) in [6.07, 6.45) is 0.487. The number of hydrogen-bond donors (Lipinski definition) is 2. The summed E-state index contributed by atoms with van der Waals surface area (Å²) >= 11 is 1.46. The van der Waals surface area contributed by atoms with Crippen LogP contribution in [0, 0.1) is 0 Å². The van der Waals surface area contributed by atoms with Gasteiger partial charge < -0.3 is 15.8 Å². The average molecular weight is 395 g/mol. The molecule has 0 aliphatic carbocycles. The van der Waals surface area contributed by atoms with E-state index in [4.69, 9.17) is 5.73 Å². The number of ether oxygens (including phenoxy) is 1. The summed E-state index contributed by atoms with van der Waals surface area (Å²) in [5, 5.41) is 2.85. The molecule has 0 aliphatic heterocycles. The molecule has 140 valence electrons. The van der Waals surface area contributed by atoms with E-state index in [2.05, 4.69) is 10.1 Å². The molecule has 0 saturated carbocycles. The molecule has 1 atom stereocenters. The lowest BCUT2D eigenvalue weighted by Crippen LogP contribution is -2.37. The number of carbonyl (C=O) groups excluding carboxylic acids is 2. The SMILES string of the molecule is COC(=O)CSCc1cccc(NC(=O)[C@@H](N)Cc2ccccc2)c1.Cl. The van der Waals surface area contributed by atoms with Crippen LogP contribution in [0.15, 0.2) is 54.6 Å². The third kappa shape index (κ3) is 7.47. The van der Waals surface area contributed by atoms with Crippen molar-refractivity contribution in [2.45, 2.75) is 18.2 Å². The number of amides is 1. The molecular weight excluding hydrogens is 372 g/mol. The highest BCUT2D eigenvalue weighted by Gasteiger charge is 2.14. The van der Waals surface area contributed by atoms with Crippen molar-refractivity contribution in [2.24, 2.45) is 5.73 Å². The Hall–Kier alpha value is -2.02. The van der Waals surface area contributed by atoms with Crippen LogP contribution >= 0.6 is 24.2 Å². The van der Waals surface area contributed by atoms with E-state index in [1.807, 2.05) is 54.6 Å². The predicted molar refractivity (Wildman–Crippen MR) is 109 cm³/mol. The number of nitrogens with two attached hydrogens (primary N) is 1. The average Bonchev–Trinajstić information content (AvgIpc) is 2.62. The van der Waals surface area contributed by atoms with Crippen molar-refractivity contribution in [3.05, 3.63) is 65.7 Å². The van der Waals surface area contributed by atoms with Crippen LogP contribution in [0.5, 0.6) is 0 Å². The van der Waals surface area contributed by atoms with Crippen molar-refractivity contribution < 1.29 is 14.3 Å². The maximum Gasteiger partial charge on any atom is 0.315 e. The van der Waals surface area contributed by atoms with E-state index in [0.29, 0.717) is 23.6 Å². The van der Waals surface area contributed by atoms with Crippen molar-refractivity contribution in [3.63, 3.8) is 0 Å². The molecule has 0 fully saturated rings. The van der Waals surface area contributed by atoms with Crippen molar-refractivity contribution >= 4 is 41.7 Å². The number of nitrogens with one attached hydrogen (secondary N) is 1. The van der Waals surface area contributed by atoms with Gasteiger partial charge >= 0.3 is 5.97 Å². The molecule has 0 radical (unpaired) electrons. The highest BCUT2D eigenvalue weighted by Crippen LogP contribution is 2.17. The second-order valence-corrected chi connectivity index (χ2v) is 6.54. The van der Waals surface area contributed by atoms with Gasteiger partial charge in [0.1, 0.15) is 0 Å². The summed E-state index contributed by atoms with van der Waals surface area (Å²) in [5.74, 6) is 0.494. The molecule has 5 nitrogen and oxygen atoms in total. The Labute approximate surface area is 164 Å². The van der Waals surface area contributed by atoms with E-state index in [-0.39, 0.29) is 24.3 Å². The number of hydrogen-bond acceptors (Lipinski definition) is 5. The van der Waals surface area contributed by atoms with Crippen molar-refractivity contribution in [2.75, 3.05) is 18.2 Å². The van der Waals surface area contributed by atoms with Crippen molar-refractivity contribution in [3.8, 4) is 0 Å². The molecule has 0 spiro atoms. The van der Waals surface area contributed by atoms with Crippen LogP contribution in [0.4, 0.5) is 5.69 Å². The molecule has 0 aliphatic rings. The van der Waals surface area contributed by atoms with Gasteiger partial charge in [0.15, 0.2) is 0 Å². The maximum atomic E-state index is 12.3. The number of thioether (sulfide) groups is 1. The normalized spacial score (nSPS) is 11.2. The zero-order chi connectivity index (χ0) is 18.1. The molecule has 2 aromatic carbocycles. The van der Waals surface area contributed by atoms with E-state index >= 15 is 0 Å². The summed E-state index contributed by atoms with van der Waals surface area (Å²) in [5.41, 5.74) is 8.74. The quantitative estimate of drug-likeness (QED) is 0.672. The standard InChI is InChI=1S/C19H22N2O3S.ClH/c1-24-18(22)13-25-12-15-8-5-9-16(10-15)21-19(23)17(20)11-14-6-3-2-4-7-14;/h2-10,17H,11-13,20H2,1H3,(H,21,23);1H/t17-;/m0./s1. The smallest absolute Gasteiger partial charge is 0.315 e. The number of anilines is 1. The van der Waals surface area contributed by atoms with E-state index in [1.165, 1.54) is 18.9 Å². The second kappa shape index (κ2) is 11.6. The largest absolute Gasteiger partial charge is 0.468 e. The van der Waals surface area contributed by atoms with Gasteiger partial charge in [0.2, 0.25) is 5.91 Å². The lowest BCUT2D eigenvalue weighted by Gasteiger charge is -2.13. The minimum absolute atomic E-state index is 0. The van der Waals surface area contributed by atoms with E-state index in [1.54, 1.807) is 0 Å². The fourth-order valence-electron chi connectivity index (χ4n) is 2.25. The van der Waals surface area contributed by atoms with Crippen molar-refractivity contribution in [1.82, 2.24) is 0 Å². The number of esters is 1. The summed E-state index contributed by atoms with van der Waals surface area (Å²) in [7, 11) is 1.37. The molecule has 0 heterocycles. The summed E-state index contributed by atoms with van der Waals surface area (Å²) in [6, 6.07) is 16.6. The lowest BCUT2D eigenvalue weighted by atomic mass is 10.1. The third-order valence-electron chi connectivity index (χ3n) is 3.55. The summed E-state index contributed by atoms with van der Waals surface area (Å²) in [6.45, 7) is 0. The van der Waals surface area contributed by atoms with Crippen LogP contribution < -0.4 is 11.1 Å². The number of carbonyl (C=O) groups is 2. The highest BCUT2D eigenvalue weighted by molar-refractivity contribution is 7.99. The van der Waals surface area contributed by atoms with Crippen LogP contribution in [-0.4, -0.2) is 30.8 Å². The van der Waals surface area contributed by atoms with Gasteiger partial charge in [0.25, 0.3) is 0 Å². The van der Waals surface area contributed by atoms with E-state index in [9.17, 15) is 9.59 Å². The monoisotopic (exact) mass is 394 g/mol. The van der Waals surface area contributed by atoms with Gasteiger partial charge in [-0.05, 0) is 29.7 Å².